The number of rotatable bonds is 5. The lowest BCUT2D eigenvalue weighted by molar-refractivity contribution is 0.102. The minimum atomic E-state index is -0.179. The van der Waals surface area contributed by atoms with Gasteiger partial charge in [-0.15, -0.1) is 0 Å². The number of aromatic nitrogens is 4. The Hall–Kier alpha value is -3.74. The minimum Gasteiger partial charge on any atom is -0.339 e. The number of carbonyl (C=O) groups is 1. The highest BCUT2D eigenvalue weighted by Gasteiger charge is 2.25. The van der Waals surface area contributed by atoms with Gasteiger partial charge in [0.1, 0.15) is 0 Å². The van der Waals surface area contributed by atoms with Gasteiger partial charge in [0, 0.05) is 23.4 Å². The molecule has 1 saturated carbocycles. The third kappa shape index (κ3) is 3.86. The van der Waals surface area contributed by atoms with Crippen LogP contribution in [0.2, 0.25) is 0 Å². The van der Waals surface area contributed by atoms with E-state index in [0.717, 1.165) is 41.2 Å². The van der Waals surface area contributed by atoms with Crippen molar-refractivity contribution in [2.45, 2.75) is 39.0 Å². The van der Waals surface area contributed by atoms with Crippen molar-refractivity contribution in [2.75, 3.05) is 5.32 Å². The number of benzene rings is 2. The summed E-state index contributed by atoms with van der Waals surface area (Å²) in [5.41, 5.74) is 4.80. The maximum absolute atomic E-state index is 12.7. The smallest absolute Gasteiger partial charge is 0.259 e. The lowest BCUT2D eigenvalue weighted by Crippen LogP contribution is -2.12. The molecule has 1 aliphatic rings. The maximum Gasteiger partial charge on any atom is 0.259 e. The zero-order valence-electron chi connectivity index (χ0n) is 17.5. The largest absolute Gasteiger partial charge is 0.339 e. The molecule has 156 valence electrons. The van der Waals surface area contributed by atoms with Gasteiger partial charge in [-0.1, -0.05) is 23.7 Å². The molecule has 7 heteroatoms. The summed E-state index contributed by atoms with van der Waals surface area (Å²) in [5.74, 6) is 1.57. The van der Waals surface area contributed by atoms with Crippen LogP contribution in [0.15, 0.2) is 59.3 Å². The average Bonchev–Trinajstić information content (AvgIpc) is 3.34. The fourth-order valence-electron chi connectivity index (χ4n) is 3.67. The molecule has 0 unspecified atom stereocenters. The van der Waals surface area contributed by atoms with Crippen LogP contribution in [-0.4, -0.2) is 25.8 Å². The van der Waals surface area contributed by atoms with Crippen LogP contribution in [-0.2, 0) is 0 Å². The second-order valence-electron chi connectivity index (χ2n) is 8.03. The SMILES string of the molecule is Cc1cccc(NC(=O)c2cn(-c3ccc(-c4noc(C5CCC5)n4)cc3)nc2C)c1. The van der Waals surface area contributed by atoms with Crippen molar-refractivity contribution in [1.82, 2.24) is 19.9 Å². The highest BCUT2D eigenvalue weighted by molar-refractivity contribution is 6.05. The predicted molar refractivity (Wildman–Crippen MR) is 117 cm³/mol. The van der Waals surface area contributed by atoms with E-state index in [9.17, 15) is 4.79 Å². The number of carbonyl (C=O) groups excluding carboxylic acids is 1. The maximum atomic E-state index is 12.7. The molecule has 31 heavy (non-hydrogen) atoms. The van der Waals surface area contributed by atoms with Gasteiger partial charge in [0.05, 0.1) is 16.9 Å². The van der Waals surface area contributed by atoms with Crippen molar-refractivity contribution in [2.24, 2.45) is 0 Å². The number of aryl methyl sites for hydroxylation is 2. The fraction of sp³-hybridized carbons (Fsp3) is 0.250. The van der Waals surface area contributed by atoms with Gasteiger partial charge in [-0.3, -0.25) is 4.79 Å². The molecule has 0 bridgehead atoms. The first-order valence-corrected chi connectivity index (χ1v) is 10.5. The van der Waals surface area contributed by atoms with Crippen LogP contribution < -0.4 is 5.32 Å². The van der Waals surface area contributed by atoms with Crippen LogP contribution in [0.3, 0.4) is 0 Å². The van der Waals surface area contributed by atoms with Gasteiger partial charge in [-0.25, -0.2) is 4.68 Å². The first-order valence-electron chi connectivity index (χ1n) is 10.5. The Morgan fingerprint density at radius 2 is 1.94 bits per heavy atom. The molecule has 1 amide bonds. The molecule has 0 spiro atoms. The van der Waals surface area contributed by atoms with Gasteiger partial charge in [-0.05, 0) is 68.7 Å². The molecule has 2 heterocycles. The third-order valence-corrected chi connectivity index (χ3v) is 5.71. The van der Waals surface area contributed by atoms with Crippen LogP contribution in [0.25, 0.3) is 17.1 Å². The van der Waals surface area contributed by atoms with Crippen molar-refractivity contribution < 1.29 is 9.32 Å². The van der Waals surface area contributed by atoms with E-state index >= 15 is 0 Å². The second kappa shape index (κ2) is 7.83. The summed E-state index contributed by atoms with van der Waals surface area (Å²) in [4.78, 5) is 17.3. The topological polar surface area (TPSA) is 85.8 Å². The summed E-state index contributed by atoms with van der Waals surface area (Å²) >= 11 is 0. The van der Waals surface area contributed by atoms with Gasteiger partial charge in [-0.2, -0.15) is 10.1 Å². The zero-order chi connectivity index (χ0) is 21.4. The number of hydrogen-bond acceptors (Lipinski definition) is 5. The molecule has 1 aliphatic carbocycles. The molecule has 1 fully saturated rings. The minimum absolute atomic E-state index is 0.179. The Bertz CT molecular complexity index is 1240. The Balaban J connectivity index is 1.33. The number of anilines is 1. The van der Waals surface area contributed by atoms with E-state index in [0.29, 0.717) is 23.0 Å². The summed E-state index contributed by atoms with van der Waals surface area (Å²) in [6.07, 6.45) is 5.22. The Morgan fingerprint density at radius 1 is 1.13 bits per heavy atom. The standard InChI is InChI=1S/C24H23N5O2/c1-15-5-3-8-19(13-15)25-23(30)21-14-29(27-16(21)2)20-11-9-17(10-12-20)22-26-24(31-28-22)18-6-4-7-18/h3,5,8-14,18H,4,6-7H2,1-2H3,(H,25,30). The number of hydrogen-bond donors (Lipinski definition) is 1. The monoisotopic (exact) mass is 413 g/mol. The molecule has 7 nitrogen and oxygen atoms in total. The normalized spacial score (nSPS) is 13.7. The summed E-state index contributed by atoms with van der Waals surface area (Å²) in [6, 6.07) is 15.5. The Kier molecular flexibility index (Phi) is 4.86. The van der Waals surface area contributed by atoms with Crippen molar-refractivity contribution in [3.63, 3.8) is 0 Å². The molecule has 0 atom stereocenters. The van der Waals surface area contributed by atoms with Crippen molar-refractivity contribution in [3.8, 4) is 17.1 Å². The van der Waals surface area contributed by atoms with Crippen LogP contribution in [0.4, 0.5) is 5.69 Å². The molecule has 0 radical (unpaired) electrons. The van der Waals surface area contributed by atoms with Crippen LogP contribution >= 0.6 is 0 Å². The van der Waals surface area contributed by atoms with Crippen LogP contribution in [0, 0.1) is 13.8 Å². The molecule has 5 rings (SSSR count). The van der Waals surface area contributed by atoms with Gasteiger partial charge >= 0.3 is 0 Å². The molecule has 1 N–H and O–H groups in total. The molecule has 2 aromatic heterocycles. The summed E-state index contributed by atoms with van der Waals surface area (Å²) in [6.45, 7) is 3.82. The molecule has 0 saturated heterocycles. The average molecular weight is 413 g/mol. The summed E-state index contributed by atoms with van der Waals surface area (Å²) in [7, 11) is 0. The molecular formula is C24H23N5O2. The van der Waals surface area contributed by atoms with E-state index in [2.05, 4.69) is 20.6 Å². The van der Waals surface area contributed by atoms with Gasteiger partial charge in [0.2, 0.25) is 11.7 Å². The second-order valence-corrected chi connectivity index (χ2v) is 8.03. The van der Waals surface area contributed by atoms with Crippen molar-refractivity contribution in [3.05, 3.63) is 77.4 Å². The fourth-order valence-corrected chi connectivity index (χ4v) is 3.67. The van der Waals surface area contributed by atoms with Crippen molar-refractivity contribution >= 4 is 11.6 Å². The van der Waals surface area contributed by atoms with Crippen molar-refractivity contribution in [1.29, 1.82) is 0 Å². The molecule has 4 aromatic rings. The van der Waals surface area contributed by atoms with E-state index in [1.165, 1.54) is 6.42 Å². The van der Waals surface area contributed by atoms with Gasteiger partial charge in [0.25, 0.3) is 5.91 Å². The van der Waals surface area contributed by atoms with E-state index in [1.54, 1.807) is 10.9 Å². The summed E-state index contributed by atoms with van der Waals surface area (Å²) in [5, 5.41) is 11.6. The van der Waals surface area contributed by atoms with Crippen LogP contribution in [0.5, 0.6) is 0 Å². The van der Waals surface area contributed by atoms with E-state index in [4.69, 9.17) is 4.52 Å². The highest BCUT2D eigenvalue weighted by Crippen LogP contribution is 2.36. The van der Waals surface area contributed by atoms with E-state index < -0.39 is 0 Å². The summed E-state index contributed by atoms with van der Waals surface area (Å²) < 4.78 is 7.12. The lowest BCUT2D eigenvalue weighted by Gasteiger charge is -2.20. The quantitative estimate of drug-likeness (QED) is 0.494. The highest BCUT2D eigenvalue weighted by atomic mass is 16.5. The Labute approximate surface area is 180 Å². The molecule has 2 aromatic carbocycles. The lowest BCUT2D eigenvalue weighted by atomic mass is 9.85. The number of nitrogens with zero attached hydrogens (tertiary/aromatic N) is 4. The number of nitrogens with one attached hydrogen (secondary N) is 1. The predicted octanol–water partition coefficient (Wildman–Crippen LogP) is 5.06. The first-order chi connectivity index (χ1) is 15.1. The van der Waals surface area contributed by atoms with E-state index in [-0.39, 0.29) is 5.91 Å². The van der Waals surface area contributed by atoms with E-state index in [1.807, 2.05) is 62.4 Å². The van der Waals surface area contributed by atoms with Gasteiger partial charge < -0.3 is 9.84 Å². The zero-order valence-corrected chi connectivity index (χ0v) is 17.5. The molecular weight excluding hydrogens is 390 g/mol. The van der Waals surface area contributed by atoms with Crippen LogP contribution in [0.1, 0.15) is 52.7 Å². The molecule has 0 aliphatic heterocycles. The Morgan fingerprint density at radius 3 is 2.65 bits per heavy atom. The van der Waals surface area contributed by atoms with Gasteiger partial charge in [0.15, 0.2) is 0 Å². The number of amides is 1. The third-order valence-electron chi connectivity index (χ3n) is 5.71. The first kappa shape index (κ1) is 19.2.